The van der Waals surface area contributed by atoms with Crippen LogP contribution in [0, 0.1) is 19.8 Å². The van der Waals surface area contributed by atoms with E-state index in [1.807, 2.05) is 62.4 Å². The molecule has 0 N–H and O–H groups in total. The molecule has 4 aromatic rings. The van der Waals surface area contributed by atoms with Crippen molar-refractivity contribution in [3.05, 3.63) is 130 Å². The van der Waals surface area contributed by atoms with Crippen LogP contribution in [0.4, 0.5) is 0 Å². The van der Waals surface area contributed by atoms with Gasteiger partial charge < -0.3 is 9.47 Å². The summed E-state index contributed by atoms with van der Waals surface area (Å²) in [7, 11) is 0. The SMILES string of the molecule is C/C=C\c1ccccc1Oc1ccc(C2(C)CCC(C(C)(C)c3ccc(Oc4ccccc4/C=C\C)c(C)c3)CC2)cc1C. The summed E-state index contributed by atoms with van der Waals surface area (Å²) in [5.74, 6) is 4.26. The Labute approximate surface area is 265 Å². The number of ether oxygens (including phenoxy) is 2. The molecule has 1 aliphatic carbocycles. The standard InChI is InChI=1S/C42H48O2/c1-8-14-32-16-10-12-18-39(32)43-37-22-20-35(28-30(37)3)41(5,6)34-24-26-42(7,27-25-34)36-21-23-38(31(4)29-36)44-40-19-13-11-17-33(40)15-9-2/h8-23,28-29,34H,24-27H2,1-7H3/b14-8-,15-9-. The van der Waals surface area contributed by atoms with Gasteiger partial charge in [0, 0.05) is 11.1 Å². The van der Waals surface area contributed by atoms with Crippen molar-refractivity contribution in [2.24, 2.45) is 5.92 Å². The molecule has 0 bridgehead atoms. The predicted molar refractivity (Wildman–Crippen MR) is 187 cm³/mol. The molecule has 0 atom stereocenters. The minimum atomic E-state index is 0.0847. The average Bonchev–Trinajstić information content (AvgIpc) is 3.01. The Morgan fingerprint density at radius 2 is 1.16 bits per heavy atom. The zero-order valence-corrected chi connectivity index (χ0v) is 27.6. The smallest absolute Gasteiger partial charge is 0.134 e. The molecule has 0 amide bonds. The summed E-state index contributed by atoms with van der Waals surface area (Å²) in [6.45, 7) is 15.7. The summed E-state index contributed by atoms with van der Waals surface area (Å²) >= 11 is 0. The molecule has 1 saturated carbocycles. The summed E-state index contributed by atoms with van der Waals surface area (Å²) in [6, 6.07) is 30.0. The fraction of sp³-hybridized carbons (Fsp3) is 0.333. The molecule has 5 rings (SSSR count). The van der Waals surface area contributed by atoms with Crippen molar-refractivity contribution in [1.82, 2.24) is 0 Å². The Morgan fingerprint density at radius 1 is 0.659 bits per heavy atom. The molecule has 0 saturated heterocycles. The Bertz CT molecular complexity index is 1650. The molecule has 0 unspecified atom stereocenters. The second kappa shape index (κ2) is 13.3. The van der Waals surface area contributed by atoms with E-state index in [-0.39, 0.29) is 10.8 Å². The topological polar surface area (TPSA) is 18.5 Å². The van der Waals surface area contributed by atoms with Gasteiger partial charge in [-0.15, -0.1) is 0 Å². The maximum absolute atomic E-state index is 6.39. The lowest BCUT2D eigenvalue weighted by Gasteiger charge is -2.44. The number of para-hydroxylation sites is 2. The van der Waals surface area contributed by atoms with Crippen LogP contribution >= 0.6 is 0 Å². The summed E-state index contributed by atoms with van der Waals surface area (Å²) in [5.41, 5.74) is 7.64. The van der Waals surface area contributed by atoms with Crippen LogP contribution < -0.4 is 9.47 Å². The number of hydrogen-bond acceptors (Lipinski definition) is 2. The summed E-state index contributed by atoms with van der Waals surface area (Å²) in [6.07, 6.45) is 13.1. The highest BCUT2D eigenvalue weighted by molar-refractivity contribution is 5.59. The van der Waals surface area contributed by atoms with Crippen LogP contribution in [0.3, 0.4) is 0 Å². The third-order valence-corrected chi connectivity index (χ3v) is 9.87. The van der Waals surface area contributed by atoms with Crippen LogP contribution in [-0.4, -0.2) is 0 Å². The van der Waals surface area contributed by atoms with Gasteiger partial charge in [0.2, 0.25) is 0 Å². The second-order valence-electron chi connectivity index (χ2n) is 13.3. The predicted octanol–water partition coefficient (Wildman–Crippen LogP) is 12.4. The van der Waals surface area contributed by atoms with E-state index in [1.165, 1.54) is 47.9 Å². The number of aryl methyl sites for hydroxylation is 2. The Morgan fingerprint density at radius 3 is 1.66 bits per heavy atom. The fourth-order valence-electron chi connectivity index (χ4n) is 6.82. The largest absolute Gasteiger partial charge is 0.456 e. The van der Waals surface area contributed by atoms with Crippen LogP contribution in [-0.2, 0) is 10.8 Å². The van der Waals surface area contributed by atoms with Gasteiger partial charge in [0.15, 0.2) is 0 Å². The molecule has 1 aliphatic rings. The summed E-state index contributed by atoms with van der Waals surface area (Å²) < 4.78 is 12.8. The molecular formula is C42H48O2. The van der Waals surface area contributed by atoms with Crippen molar-refractivity contribution < 1.29 is 9.47 Å². The van der Waals surface area contributed by atoms with Crippen LogP contribution in [0.5, 0.6) is 23.0 Å². The number of rotatable bonds is 9. The quantitative estimate of drug-likeness (QED) is 0.195. The lowest BCUT2D eigenvalue weighted by Crippen LogP contribution is -2.37. The van der Waals surface area contributed by atoms with Crippen LogP contribution in [0.1, 0.15) is 93.7 Å². The maximum Gasteiger partial charge on any atom is 0.134 e. The van der Waals surface area contributed by atoms with Crippen molar-refractivity contribution in [1.29, 1.82) is 0 Å². The van der Waals surface area contributed by atoms with E-state index in [4.69, 9.17) is 9.47 Å². The molecule has 2 heteroatoms. The van der Waals surface area contributed by atoms with Crippen LogP contribution in [0.15, 0.2) is 97.1 Å². The van der Waals surface area contributed by atoms with Gasteiger partial charge in [-0.2, -0.15) is 0 Å². The van der Waals surface area contributed by atoms with Gasteiger partial charge in [0.25, 0.3) is 0 Å². The molecule has 44 heavy (non-hydrogen) atoms. The van der Waals surface area contributed by atoms with Gasteiger partial charge in [0.05, 0.1) is 0 Å². The van der Waals surface area contributed by atoms with Gasteiger partial charge in [-0.3, -0.25) is 0 Å². The normalized spacial score (nSPS) is 19.0. The zero-order chi connectivity index (χ0) is 31.3. The second-order valence-corrected chi connectivity index (χ2v) is 13.3. The molecule has 4 aromatic carbocycles. The Kier molecular flexibility index (Phi) is 9.49. The monoisotopic (exact) mass is 584 g/mol. The van der Waals surface area contributed by atoms with Gasteiger partial charge in [-0.05, 0) is 117 Å². The highest BCUT2D eigenvalue weighted by Crippen LogP contribution is 2.49. The lowest BCUT2D eigenvalue weighted by molar-refractivity contribution is 0.178. The maximum atomic E-state index is 6.39. The fourth-order valence-corrected chi connectivity index (χ4v) is 6.82. The van der Waals surface area contributed by atoms with E-state index >= 15 is 0 Å². The third kappa shape index (κ3) is 6.70. The highest BCUT2D eigenvalue weighted by atomic mass is 16.5. The van der Waals surface area contributed by atoms with Gasteiger partial charge in [-0.1, -0.05) is 106 Å². The van der Waals surface area contributed by atoms with E-state index in [1.54, 1.807) is 0 Å². The Balaban J connectivity index is 1.27. The van der Waals surface area contributed by atoms with E-state index in [2.05, 4.69) is 95.3 Å². The van der Waals surface area contributed by atoms with Gasteiger partial charge in [-0.25, -0.2) is 0 Å². The molecule has 228 valence electrons. The molecule has 0 heterocycles. The molecule has 2 nitrogen and oxygen atoms in total. The Hall–Kier alpha value is -4.04. The van der Waals surface area contributed by atoms with E-state index < -0.39 is 0 Å². The van der Waals surface area contributed by atoms with Crippen molar-refractivity contribution >= 4 is 12.2 Å². The average molecular weight is 585 g/mol. The van der Waals surface area contributed by atoms with Gasteiger partial charge >= 0.3 is 0 Å². The summed E-state index contributed by atoms with van der Waals surface area (Å²) in [4.78, 5) is 0. The zero-order valence-electron chi connectivity index (χ0n) is 27.6. The molecule has 1 fully saturated rings. The summed E-state index contributed by atoms with van der Waals surface area (Å²) in [5, 5.41) is 0. The lowest BCUT2D eigenvalue weighted by atomic mass is 9.60. The third-order valence-electron chi connectivity index (χ3n) is 9.87. The molecule has 0 aromatic heterocycles. The first kappa shape index (κ1) is 31.4. The minimum Gasteiger partial charge on any atom is -0.456 e. The number of allylic oxidation sites excluding steroid dienone is 2. The van der Waals surface area contributed by atoms with Crippen LogP contribution in [0.2, 0.25) is 0 Å². The first-order valence-corrected chi connectivity index (χ1v) is 16.2. The van der Waals surface area contributed by atoms with E-state index in [9.17, 15) is 0 Å². The van der Waals surface area contributed by atoms with E-state index in [0.29, 0.717) is 5.92 Å². The first-order chi connectivity index (χ1) is 21.1. The molecule has 0 spiro atoms. The molecule has 0 radical (unpaired) electrons. The van der Waals surface area contributed by atoms with E-state index in [0.717, 1.165) is 34.1 Å². The first-order valence-electron chi connectivity index (χ1n) is 16.2. The molecular weight excluding hydrogens is 536 g/mol. The van der Waals surface area contributed by atoms with Crippen molar-refractivity contribution in [3.63, 3.8) is 0 Å². The number of hydrogen-bond donors (Lipinski definition) is 0. The van der Waals surface area contributed by atoms with Gasteiger partial charge in [0.1, 0.15) is 23.0 Å². The van der Waals surface area contributed by atoms with Crippen molar-refractivity contribution in [2.75, 3.05) is 0 Å². The van der Waals surface area contributed by atoms with Crippen molar-refractivity contribution in [3.8, 4) is 23.0 Å². The van der Waals surface area contributed by atoms with Crippen LogP contribution in [0.25, 0.3) is 12.2 Å². The molecule has 0 aliphatic heterocycles. The minimum absolute atomic E-state index is 0.0847. The number of benzene rings is 4. The highest BCUT2D eigenvalue weighted by Gasteiger charge is 2.39. The van der Waals surface area contributed by atoms with Crippen molar-refractivity contribution in [2.45, 2.75) is 85.0 Å².